The van der Waals surface area contributed by atoms with Gasteiger partial charge in [-0.25, -0.2) is 4.39 Å². The first-order valence-electron chi connectivity index (χ1n) is 10.1. The summed E-state index contributed by atoms with van der Waals surface area (Å²) in [4.78, 5) is 30.5. The van der Waals surface area contributed by atoms with E-state index >= 15 is 0 Å². The molecule has 0 radical (unpaired) electrons. The number of hydrogen-bond acceptors (Lipinski definition) is 4. The minimum absolute atomic E-state index is 0.0147. The van der Waals surface area contributed by atoms with Gasteiger partial charge < -0.3 is 15.2 Å². The lowest BCUT2D eigenvalue weighted by Gasteiger charge is -2.33. The maximum atomic E-state index is 14.7. The second-order valence-electron chi connectivity index (χ2n) is 7.62. The van der Waals surface area contributed by atoms with Crippen molar-refractivity contribution in [2.45, 2.75) is 38.1 Å². The Morgan fingerprint density at radius 3 is 2.63 bits per heavy atom. The minimum atomic E-state index is -0.568. The predicted octanol–water partition coefficient (Wildman–Crippen LogP) is 5.26. The maximum absolute atomic E-state index is 14.7. The van der Waals surface area contributed by atoms with Gasteiger partial charge >= 0.3 is 0 Å². The number of aromatic nitrogens is 1. The molecule has 0 bridgehead atoms. The Kier molecular flexibility index (Phi) is 5.99. The highest BCUT2D eigenvalue weighted by molar-refractivity contribution is 7.13. The van der Waals surface area contributed by atoms with Gasteiger partial charge in [-0.05, 0) is 54.6 Å². The topological polar surface area (TPSA) is 65.2 Å². The lowest BCUT2D eigenvalue weighted by atomic mass is 9.94. The van der Waals surface area contributed by atoms with Crippen LogP contribution in [0.25, 0.3) is 10.6 Å². The summed E-state index contributed by atoms with van der Waals surface area (Å²) in [6.07, 6.45) is 5.72. The molecule has 1 fully saturated rings. The number of halogens is 1. The number of rotatable bonds is 5. The molecule has 4 rings (SSSR count). The van der Waals surface area contributed by atoms with Crippen LogP contribution in [0, 0.1) is 5.82 Å². The minimum Gasteiger partial charge on any atom is -0.369 e. The Hall–Kier alpha value is -2.93. The summed E-state index contributed by atoms with van der Waals surface area (Å²) < 4.78 is 14.7. The Bertz CT molecular complexity index is 1090. The first-order chi connectivity index (χ1) is 14.5. The lowest BCUT2D eigenvalue weighted by Crippen LogP contribution is -2.33. The van der Waals surface area contributed by atoms with E-state index in [2.05, 4.69) is 10.3 Å². The van der Waals surface area contributed by atoms with Crippen LogP contribution in [0.15, 0.2) is 52.6 Å². The van der Waals surface area contributed by atoms with Gasteiger partial charge in [-0.15, -0.1) is 11.3 Å². The molecule has 5 nitrogen and oxygen atoms in total. The number of nitrogens with zero attached hydrogens (tertiary/aromatic N) is 1. The Balaban J connectivity index is 1.48. The molecule has 156 valence electrons. The number of anilines is 2. The van der Waals surface area contributed by atoms with E-state index in [1.165, 1.54) is 42.7 Å². The third-order valence-electron chi connectivity index (χ3n) is 5.65. The van der Waals surface area contributed by atoms with Gasteiger partial charge in [0, 0.05) is 18.8 Å². The smallest absolute Gasteiger partial charge is 0.261 e. The lowest BCUT2D eigenvalue weighted by molar-refractivity contribution is 0.102. The largest absolute Gasteiger partial charge is 0.369 e. The van der Waals surface area contributed by atoms with Gasteiger partial charge in [-0.2, -0.15) is 0 Å². The van der Waals surface area contributed by atoms with Gasteiger partial charge in [0.2, 0.25) is 0 Å². The second-order valence-corrected chi connectivity index (χ2v) is 8.56. The first-order valence-corrected chi connectivity index (χ1v) is 11.0. The molecule has 1 saturated carbocycles. The molecule has 0 unspecified atom stereocenters. The molecule has 0 spiro atoms. The fraction of sp³-hybridized carbons (Fsp3) is 0.304. The van der Waals surface area contributed by atoms with Crippen molar-refractivity contribution in [3.05, 3.63) is 69.6 Å². The van der Waals surface area contributed by atoms with E-state index in [1.54, 1.807) is 18.2 Å². The first kappa shape index (κ1) is 20.3. The summed E-state index contributed by atoms with van der Waals surface area (Å²) in [5.41, 5.74) is 1.01. The van der Waals surface area contributed by atoms with Crippen LogP contribution < -0.4 is 15.8 Å². The second kappa shape index (κ2) is 8.83. The number of aromatic amines is 1. The van der Waals surface area contributed by atoms with Crippen molar-refractivity contribution < 1.29 is 9.18 Å². The molecular weight excluding hydrogens is 401 g/mol. The molecule has 2 heterocycles. The van der Waals surface area contributed by atoms with E-state index < -0.39 is 11.5 Å². The monoisotopic (exact) mass is 425 g/mol. The van der Waals surface area contributed by atoms with Crippen LogP contribution >= 0.6 is 11.3 Å². The summed E-state index contributed by atoms with van der Waals surface area (Å²) in [5.74, 6) is -0.954. The molecule has 0 aliphatic heterocycles. The van der Waals surface area contributed by atoms with Gasteiger partial charge in [-0.3, -0.25) is 9.59 Å². The van der Waals surface area contributed by atoms with Gasteiger partial charge in [0.05, 0.1) is 16.3 Å². The van der Waals surface area contributed by atoms with Crippen molar-refractivity contribution in [3.8, 4) is 10.6 Å². The van der Waals surface area contributed by atoms with E-state index in [9.17, 15) is 14.0 Å². The van der Waals surface area contributed by atoms with E-state index in [0.29, 0.717) is 23.1 Å². The van der Waals surface area contributed by atoms with Crippen molar-refractivity contribution in [2.24, 2.45) is 0 Å². The third kappa shape index (κ3) is 4.31. The predicted molar refractivity (Wildman–Crippen MR) is 120 cm³/mol. The Morgan fingerprint density at radius 2 is 1.97 bits per heavy atom. The fourth-order valence-corrected chi connectivity index (χ4v) is 4.67. The number of pyridine rings is 1. The molecule has 1 aliphatic carbocycles. The number of nitrogens with one attached hydrogen (secondary N) is 2. The van der Waals surface area contributed by atoms with Crippen molar-refractivity contribution >= 4 is 28.6 Å². The normalized spacial score (nSPS) is 14.5. The highest BCUT2D eigenvalue weighted by atomic mass is 32.1. The molecule has 1 aromatic carbocycles. The zero-order valence-corrected chi connectivity index (χ0v) is 17.6. The summed E-state index contributed by atoms with van der Waals surface area (Å²) in [5, 5.41) is 4.54. The van der Waals surface area contributed by atoms with Crippen molar-refractivity contribution in [1.82, 2.24) is 4.98 Å². The number of amides is 1. The highest BCUT2D eigenvalue weighted by Crippen LogP contribution is 2.29. The van der Waals surface area contributed by atoms with Crippen LogP contribution in [-0.4, -0.2) is 24.0 Å². The number of hydrogen-bond donors (Lipinski definition) is 2. The number of carbonyl (C=O) groups is 1. The van der Waals surface area contributed by atoms with E-state index in [-0.39, 0.29) is 11.4 Å². The number of benzene rings is 1. The van der Waals surface area contributed by atoms with Gasteiger partial charge in [-0.1, -0.05) is 25.3 Å². The summed E-state index contributed by atoms with van der Waals surface area (Å²) in [6.45, 7) is 0. The van der Waals surface area contributed by atoms with Crippen molar-refractivity contribution in [3.63, 3.8) is 0 Å². The van der Waals surface area contributed by atoms with Crippen molar-refractivity contribution in [1.29, 1.82) is 0 Å². The highest BCUT2D eigenvalue weighted by Gasteiger charge is 2.21. The van der Waals surface area contributed by atoms with E-state index in [1.807, 2.05) is 29.5 Å². The molecule has 1 aliphatic rings. The number of carbonyl (C=O) groups excluding carboxylic acids is 1. The van der Waals surface area contributed by atoms with Crippen molar-refractivity contribution in [2.75, 3.05) is 17.3 Å². The molecular formula is C23H24FN3O2S. The Labute approximate surface area is 178 Å². The number of H-pyrrole nitrogens is 1. The Morgan fingerprint density at radius 1 is 1.17 bits per heavy atom. The molecule has 3 aromatic rings. The van der Waals surface area contributed by atoms with Crippen LogP contribution in [0.2, 0.25) is 0 Å². The van der Waals surface area contributed by atoms with Crippen LogP contribution in [0.5, 0.6) is 0 Å². The van der Waals surface area contributed by atoms with Crippen LogP contribution in [-0.2, 0) is 0 Å². The van der Waals surface area contributed by atoms with Crippen LogP contribution in [0.4, 0.5) is 15.8 Å². The van der Waals surface area contributed by atoms with Crippen LogP contribution in [0.3, 0.4) is 0 Å². The summed E-state index contributed by atoms with van der Waals surface area (Å²) >= 11 is 1.50. The van der Waals surface area contributed by atoms with Gasteiger partial charge in [0.25, 0.3) is 11.5 Å². The standard InChI is InChI=1S/C23H24FN3O2S/c1-27(16-6-3-2-4-7-16)20-12-9-15(14-18(20)24)25-22(28)17-10-11-19(26-23(17)29)21-8-5-13-30-21/h5,8-14,16H,2-4,6-7H2,1H3,(H,25,28)(H,26,29). The third-order valence-corrected chi connectivity index (χ3v) is 6.55. The molecule has 2 aromatic heterocycles. The summed E-state index contributed by atoms with van der Waals surface area (Å²) in [6, 6.07) is 12.0. The van der Waals surface area contributed by atoms with Gasteiger partial charge in [0.1, 0.15) is 11.4 Å². The number of thiophene rings is 1. The average Bonchev–Trinajstić information content (AvgIpc) is 3.29. The van der Waals surface area contributed by atoms with Crippen LogP contribution in [0.1, 0.15) is 42.5 Å². The molecule has 1 amide bonds. The SMILES string of the molecule is CN(c1ccc(NC(=O)c2ccc(-c3cccs3)[nH]c2=O)cc1F)C1CCCCC1. The molecule has 7 heteroatoms. The zero-order valence-electron chi connectivity index (χ0n) is 16.8. The fourth-order valence-electron chi connectivity index (χ4n) is 3.96. The molecule has 2 N–H and O–H groups in total. The molecule has 30 heavy (non-hydrogen) atoms. The quantitative estimate of drug-likeness (QED) is 0.586. The van der Waals surface area contributed by atoms with Gasteiger partial charge in [0.15, 0.2) is 0 Å². The molecule has 0 atom stereocenters. The van der Waals surface area contributed by atoms with E-state index in [0.717, 1.165) is 17.7 Å². The van der Waals surface area contributed by atoms with E-state index in [4.69, 9.17) is 0 Å². The summed E-state index contributed by atoms with van der Waals surface area (Å²) in [7, 11) is 1.92. The maximum Gasteiger partial charge on any atom is 0.261 e. The molecule has 0 saturated heterocycles. The zero-order chi connectivity index (χ0) is 21.1. The average molecular weight is 426 g/mol.